The molecule has 0 radical (unpaired) electrons. The number of fused-ring (bicyclic) bond motifs is 1. The zero-order valence-corrected chi connectivity index (χ0v) is 24.8. The number of benzene rings is 2. The van der Waals surface area contributed by atoms with Crippen LogP contribution in [0.2, 0.25) is 0 Å². The third-order valence-electron chi connectivity index (χ3n) is 5.48. The zero-order chi connectivity index (χ0) is 30.4. The number of aliphatic hydroxyl groups is 1. The lowest BCUT2D eigenvalue weighted by molar-refractivity contribution is -0.195. The largest absolute Gasteiger partial charge is 0.497 e. The molecule has 3 unspecified atom stereocenters. The maximum atomic E-state index is 13.0. The van der Waals surface area contributed by atoms with Gasteiger partial charge in [-0.15, -0.1) is 0 Å². The van der Waals surface area contributed by atoms with Gasteiger partial charge in [-0.2, -0.15) is 0 Å². The predicted octanol–water partition coefficient (Wildman–Crippen LogP) is 5.89. The van der Waals surface area contributed by atoms with Crippen molar-refractivity contribution >= 4 is 16.9 Å². The first-order chi connectivity index (χ1) is 19.3. The summed E-state index contributed by atoms with van der Waals surface area (Å²) in [6.07, 6.45) is -3.22. The SMILES string of the molecule is CC.CC.CC.COc1ccc(-c2cc(=O)c3c(OC)c(OC)c(OC4CC(O)CC(C(=O)O)O4)cc3o2)cc1. The lowest BCUT2D eigenvalue weighted by atomic mass is 10.1. The Hall–Kier alpha value is -3.76. The van der Waals surface area contributed by atoms with E-state index < -0.39 is 24.5 Å². The maximum Gasteiger partial charge on any atom is 0.333 e. The van der Waals surface area contributed by atoms with E-state index in [4.69, 9.17) is 28.1 Å². The number of ether oxygens (including phenoxy) is 5. The molecule has 0 amide bonds. The number of methoxy groups -OCH3 is 3. The van der Waals surface area contributed by atoms with Crippen LogP contribution in [0.15, 0.2) is 45.6 Å². The van der Waals surface area contributed by atoms with E-state index in [2.05, 4.69) is 0 Å². The first-order valence-electron chi connectivity index (χ1n) is 13.4. The van der Waals surface area contributed by atoms with Crippen LogP contribution in [-0.4, -0.2) is 56.0 Å². The van der Waals surface area contributed by atoms with Crippen LogP contribution in [-0.2, 0) is 9.53 Å². The molecule has 1 aliphatic heterocycles. The molecule has 3 atom stereocenters. The highest BCUT2D eigenvalue weighted by Crippen LogP contribution is 2.44. The van der Waals surface area contributed by atoms with Gasteiger partial charge in [-0.3, -0.25) is 4.79 Å². The predicted molar refractivity (Wildman–Crippen MR) is 154 cm³/mol. The van der Waals surface area contributed by atoms with Crippen molar-refractivity contribution in [3.8, 4) is 34.3 Å². The highest BCUT2D eigenvalue weighted by molar-refractivity contribution is 5.90. The first-order valence-corrected chi connectivity index (χ1v) is 13.4. The standard InChI is InChI=1S/C24H24O10.3C2H6/c1-29-14-6-4-12(5-7-14)16-10-15(26)21-17(32-16)11-18(22(30-2)23(21)31-3)33-20-9-13(25)8-19(34-20)24(27)28;3*1-2/h4-7,10-11,13,19-20,25H,8-9H2,1-3H3,(H,27,28);3*1-2H3. The van der Waals surface area contributed by atoms with Crippen LogP contribution >= 0.6 is 0 Å². The molecule has 0 spiro atoms. The summed E-state index contributed by atoms with van der Waals surface area (Å²) >= 11 is 0. The molecule has 10 heteroatoms. The van der Waals surface area contributed by atoms with Gasteiger partial charge in [-0.1, -0.05) is 41.5 Å². The molecule has 4 rings (SSSR count). The number of hydrogen-bond acceptors (Lipinski definition) is 9. The average Bonchev–Trinajstić information content (AvgIpc) is 2.99. The van der Waals surface area contributed by atoms with Crippen molar-refractivity contribution < 1.29 is 43.1 Å². The topological polar surface area (TPSA) is 134 Å². The van der Waals surface area contributed by atoms with Gasteiger partial charge in [0, 0.05) is 30.5 Å². The summed E-state index contributed by atoms with van der Waals surface area (Å²) in [6, 6.07) is 9.80. The van der Waals surface area contributed by atoms with Crippen LogP contribution in [0, 0.1) is 0 Å². The van der Waals surface area contributed by atoms with Gasteiger partial charge < -0.3 is 38.3 Å². The lowest BCUT2D eigenvalue weighted by Gasteiger charge is -2.31. The number of aliphatic carboxylic acids is 1. The van der Waals surface area contributed by atoms with E-state index in [0.29, 0.717) is 17.1 Å². The average molecular weight is 563 g/mol. The number of aliphatic hydroxyl groups excluding tert-OH is 1. The lowest BCUT2D eigenvalue weighted by Crippen LogP contribution is -2.42. The summed E-state index contributed by atoms with van der Waals surface area (Å²) in [5.41, 5.74) is 0.459. The second-order valence-electron chi connectivity index (χ2n) is 7.65. The molecular formula is C30H42O10. The number of rotatable bonds is 7. The highest BCUT2D eigenvalue weighted by Gasteiger charge is 2.35. The minimum atomic E-state index is -1.22. The Bertz CT molecular complexity index is 1250. The quantitative estimate of drug-likeness (QED) is 0.359. The third-order valence-corrected chi connectivity index (χ3v) is 5.48. The third kappa shape index (κ3) is 8.12. The molecule has 0 saturated carbocycles. The summed E-state index contributed by atoms with van der Waals surface area (Å²) < 4.78 is 33.4. The number of hydrogen-bond donors (Lipinski definition) is 2. The van der Waals surface area contributed by atoms with E-state index in [1.807, 2.05) is 41.5 Å². The Morgan fingerprint density at radius 2 is 1.48 bits per heavy atom. The molecule has 3 aromatic rings. The summed E-state index contributed by atoms with van der Waals surface area (Å²) in [4.78, 5) is 24.4. The van der Waals surface area contributed by atoms with E-state index in [9.17, 15) is 19.8 Å². The van der Waals surface area contributed by atoms with Gasteiger partial charge >= 0.3 is 5.97 Å². The Morgan fingerprint density at radius 1 is 0.875 bits per heavy atom. The fourth-order valence-electron chi connectivity index (χ4n) is 3.86. The number of carboxylic acid groups (broad SMARTS) is 1. The van der Waals surface area contributed by atoms with E-state index in [1.54, 1.807) is 31.4 Å². The van der Waals surface area contributed by atoms with Gasteiger partial charge in [0.2, 0.25) is 12.0 Å². The Morgan fingerprint density at radius 3 is 2.00 bits per heavy atom. The van der Waals surface area contributed by atoms with Crippen molar-refractivity contribution in [2.24, 2.45) is 0 Å². The van der Waals surface area contributed by atoms with Crippen LogP contribution in [0.25, 0.3) is 22.3 Å². The molecule has 40 heavy (non-hydrogen) atoms. The van der Waals surface area contributed by atoms with Gasteiger partial charge in [-0.25, -0.2) is 4.79 Å². The van der Waals surface area contributed by atoms with E-state index in [1.165, 1.54) is 26.4 Å². The molecule has 10 nitrogen and oxygen atoms in total. The van der Waals surface area contributed by atoms with E-state index in [0.717, 1.165) is 0 Å². The van der Waals surface area contributed by atoms with Gasteiger partial charge in [0.15, 0.2) is 23.0 Å². The van der Waals surface area contributed by atoms with Crippen LogP contribution in [0.5, 0.6) is 23.0 Å². The Kier molecular flexibility index (Phi) is 14.6. The van der Waals surface area contributed by atoms with Crippen molar-refractivity contribution in [2.75, 3.05) is 21.3 Å². The minimum Gasteiger partial charge on any atom is -0.497 e. The van der Waals surface area contributed by atoms with Gasteiger partial charge in [-0.05, 0) is 24.3 Å². The van der Waals surface area contributed by atoms with Crippen LogP contribution in [0.3, 0.4) is 0 Å². The molecule has 1 aliphatic rings. The molecule has 0 aliphatic carbocycles. The summed E-state index contributed by atoms with van der Waals surface area (Å²) in [6.45, 7) is 12.0. The molecule has 0 bridgehead atoms. The summed E-state index contributed by atoms with van der Waals surface area (Å²) in [7, 11) is 4.31. The highest BCUT2D eigenvalue weighted by atomic mass is 16.7. The minimum absolute atomic E-state index is 0.0448. The second-order valence-corrected chi connectivity index (χ2v) is 7.65. The van der Waals surface area contributed by atoms with Crippen molar-refractivity contribution in [1.29, 1.82) is 0 Å². The van der Waals surface area contributed by atoms with Crippen LogP contribution in [0.4, 0.5) is 0 Å². The van der Waals surface area contributed by atoms with Crippen molar-refractivity contribution in [1.82, 2.24) is 0 Å². The Labute approximate surface area is 235 Å². The Balaban J connectivity index is 0.00000125. The fourth-order valence-corrected chi connectivity index (χ4v) is 3.86. The van der Waals surface area contributed by atoms with Gasteiger partial charge in [0.05, 0.1) is 27.4 Å². The van der Waals surface area contributed by atoms with Gasteiger partial charge in [0.1, 0.15) is 22.5 Å². The monoisotopic (exact) mass is 562 g/mol. The second kappa shape index (κ2) is 17.0. The molecule has 2 aromatic carbocycles. The van der Waals surface area contributed by atoms with Crippen molar-refractivity contribution in [3.63, 3.8) is 0 Å². The number of carbonyl (C=O) groups is 1. The normalized spacial score (nSPS) is 17.5. The maximum absolute atomic E-state index is 13.0. The van der Waals surface area contributed by atoms with Gasteiger partial charge in [0.25, 0.3) is 0 Å². The molecule has 1 fully saturated rings. The molecule has 1 aromatic heterocycles. The molecular weight excluding hydrogens is 520 g/mol. The van der Waals surface area contributed by atoms with Crippen molar-refractivity contribution in [3.05, 3.63) is 46.6 Å². The smallest absolute Gasteiger partial charge is 0.333 e. The van der Waals surface area contributed by atoms with Crippen LogP contribution < -0.4 is 24.4 Å². The summed E-state index contributed by atoms with van der Waals surface area (Å²) in [5.74, 6) is 0.0683. The van der Waals surface area contributed by atoms with Crippen molar-refractivity contribution in [2.45, 2.75) is 72.9 Å². The molecule has 1 saturated heterocycles. The number of carboxylic acids is 1. The molecule has 222 valence electrons. The van der Waals surface area contributed by atoms with E-state index >= 15 is 0 Å². The molecule has 2 heterocycles. The molecule has 2 N–H and O–H groups in total. The van der Waals surface area contributed by atoms with E-state index in [-0.39, 0.29) is 46.5 Å². The summed E-state index contributed by atoms with van der Waals surface area (Å²) in [5, 5.41) is 19.5. The van der Waals surface area contributed by atoms with Crippen LogP contribution in [0.1, 0.15) is 54.4 Å². The zero-order valence-electron chi connectivity index (χ0n) is 24.8. The first kappa shape index (κ1) is 34.3. The fraction of sp³-hybridized carbons (Fsp3) is 0.467.